The molecule has 1 unspecified atom stereocenters. The van der Waals surface area contributed by atoms with Gasteiger partial charge in [-0.1, -0.05) is 31.4 Å². The monoisotopic (exact) mass is 514 g/mol. The number of alkyl halides is 3. The average Bonchev–Trinajstić information content (AvgIpc) is 2.78. The van der Waals surface area contributed by atoms with Crippen LogP contribution in [0.3, 0.4) is 0 Å². The van der Waals surface area contributed by atoms with E-state index in [1.54, 1.807) is 0 Å². The second kappa shape index (κ2) is 11.5. The van der Waals surface area contributed by atoms with E-state index in [9.17, 15) is 28.2 Å². The van der Waals surface area contributed by atoms with E-state index in [1.165, 1.54) is 24.3 Å². The van der Waals surface area contributed by atoms with E-state index in [4.69, 9.17) is 11.6 Å². The van der Waals surface area contributed by atoms with E-state index in [2.05, 4.69) is 17.2 Å². The maximum Gasteiger partial charge on any atom is 0.416 e. The van der Waals surface area contributed by atoms with Crippen LogP contribution in [0.2, 0.25) is 5.02 Å². The Morgan fingerprint density at radius 3 is 2.65 bits per heavy atom. The van der Waals surface area contributed by atoms with Gasteiger partial charge in [0.2, 0.25) is 0 Å². The molecule has 1 heterocycles. The Balaban J connectivity index is 2.03. The molecular weight excluding hydrogens is 489 g/mol. The molecule has 0 aliphatic heterocycles. The first-order chi connectivity index (χ1) is 16.1. The molecule has 0 fully saturated rings. The molecule has 3 aromatic rings. The molecule has 0 aliphatic rings. The number of aromatic hydroxyl groups is 1. The van der Waals surface area contributed by atoms with E-state index in [0.717, 1.165) is 49.7 Å². The van der Waals surface area contributed by atoms with Gasteiger partial charge < -0.3 is 20.5 Å². The van der Waals surface area contributed by atoms with Crippen LogP contribution in [0.4, 0.5) is 13.2 Å². The molecule has 0 saturated heterocycles. The van der Waals surface area contributed by atoms with Crippen LogP contribution in [0.15, 0.2) is 46.1 Å². The van der Waals surface area contributed by atoms with Crippen LogP contribution in [0, 0.1) is 0 Å². The molecule has 184 valence electrons. The number of aromatic amines is 1. The van der Waals surface area contributed by atoms with Gasteiger partial charge in [0.05, 0.1) is 16.6 Å². The number of unbranched alkanes of at least 4 members (excludes halogenated alkanes) is 2. The molecule has 0 bridgehead atoms. The summed E-state index contributed by atoms with van der Waals surface area (Å²) in [5.74, 6) is -0.100. The van der Waals surface area contributed by atoms with E-state index in [0.29, 0.717) is 6.54 Å². The van der Waals surface area contributed by atoms with E-state index in [-0.39, 0.29) is 43.5 Å². The number of phenolic OH excluding ortho intramolecular Hbond substituents is 1. The molecule has 1 atom stereocenters. The van der Waals surface area contributed by atoms with E-state index >= 15 is 0 Å². The SMILES string of the molecule is CCCCCNCC(O)CSc1c(-c2cc(Cl)ccc2O)c2cc(C(F)(F)F)ccc2[nH]c1=O. The maximum absolute atomic E-state index is 13.4. The molecule has 3 rings (SSSR count). The van der Waals surface area contributed by atoms with Gasteiger partial charge in [0, 0.05) is 39.4 Å². The highest BCUT2D eigenvalue weighted by Crippen LogP contribution is 2.42. The summed E-state index contributed by atoms with van der Waals surface area (Å²) in [5, 5.41) is 24.4. The van der Waals surface area contributed by atoms with E-state index < -0.39 is 23.4 Å². The maximum atomic E-state index is 13.4. The first kappa shape index (κ1) is 26.4. The summed E-state index contributed by atoms with van der Waals surface area (Å²) in [6.45, 7) is 3.17. The third-order valence-corrected chi connectivity index (χ3v) is 6.75. The zero-order valence-corrected chi connectivity index (χ0v) is 20.1. The normalized spacial score (nSPS) is 12.9. The summed E-state index contributed by atoms with van der Waals surface area (Å²) in [6.07, 6.45) is -2.23. The highest BCUT2D eigenvalue weighted by Gasteiger charge is 2.31. The van der Waals surface area contributed by atoms with Crippen molar-refractivity contribution in [3.63, 3.8) is 0 Å². The second-order valence-corrected chi connectivity index (χ2v) is 9.42. The first-order valence-corrected chi connectivity index (χ1v) is 12.3. The van der Waals surface area contributed by atoms with Crippen molar-refractivity contribution >= 4 is 34.3 Å². The highest BCUT2D eigenvalue weighted by atomic mass is 35.5. The van der Waals surface area contributed by atoms with Crippen molar-refractivity contribution in [1.82, 2.24) is 10.3 Å². The Bertz CT molecular complexity index is 1200. The lowest BCUT2D eigenvalue weighted by molar-refractivity contribution is -0.137. The van der Waals surface area contributed by atoms with Crippen molar-refractivity contribution in [1.29, 1.82) is 0 Å². The third kappa shape index (κ3) is 6.47. The van der Waals surface area contributed by atoms with E-state index in [1.807, 2.05) is 0 Å². The average molecular weight is 515 g/mol. The van der Waals surface area contributed by atoms with Crippen molar-refractivity contribution in [2.75, 3.05) is 18.8 Å². The molecule has 0 spiro atoms. The lowest BCUT2D eigenvalue weighted by atomic mass is 9.98. The largest absolute Gasteiger partial charge is 0.507 e. The number of fused-ring (bicyclic) bond motifs is 1. The van der Waals surface area contributed by atoms with Crippen molar-refractivity contribution < 1.29 is 23.4 Å². The number of aliphatic hydroxyl groups is 1. The minimum absolute atomic E-state index is 0.0921. The molecule has 4 N–H and O–H groups in total. The summed E-state index contributed by atoms with van der Waals surface area (Å²) in [4.78, 5) is 15.6. The summed E-state index contributed by atoms with van der Waals surface area (Å²) >= 11 is 7.12. The summed E-state index contributed by atoms with van der Waals surface area (Å²) in [6, 6.07) is 7.19. The number of hydrogen-bond acceptors (Lipinski definition) is 5. The number of thioether (sulfide) groups is 1. The smallest absolute Gasteiger partial charge is 0.416 e. The van der Waals surface area contributed by atoms with Crippen molar-refractivity contribution in [2.24, 2.45) is 0 Å². The summed E-state index contributed by atoms with van der Waals surface area (Å²) < 4.78 is 40.3. The van der Waals surface area contributed by atoms with Crippen LogP contribution in [-0.4, -0.2) is 40.1 Å². The predicted octanol–water partition coefficient (Wildman–Crippen LogP) is 5.81. The lowest BCUT2D eigenvalue weighted by Crippen LogP contribution is -2.29. The number of hydrogen-bond donors (Lipinski definition) is 4. The quantitative estimate of drug-likeness (QED) is 0.203. The minimum atomic E-state index is -4.59. The Labute approximate surface area is 204 Å². The Morgan fingerprint density at radius 1 is 1.18 bits per heavy atom. The topological polar surface area (TPSA) is 85.3 Å². The number of benzene rings is 2. The molecule has 34 heavy (non-hydrogen) atoms. The minimum Gasteiger partial charge on any atom is -0.507 e. The molecule has 2 aromatic carbocycles. The van der Waals surface area contributed by atoms with Gasteiger partial charge in [0.25, 0.3) is 5.56 Å². The molecule has 0 aliphatic carbocycles. The van der Waals surface area contributed by atoms with Gasteiger partial charge in [0.1, 0.15) is 5.75 Å². The van der Waals surface area contributed by atoms with Crippen molar-refractivity contribution in [3.8, 4) is 16.9 Å². The number of aromatic nitrogens is 1. The fraction of sp³-hybridized carbons (Fsp3) is 0.375. The number of nitrogens with one attached hydrogen (secondary N) is 2. The van der Waals surface area contributed by atoms with Gasteiger partial charge in [-0.3, -0.25) is 4.79 Å². The van der Waals surface area contributed by atoms with Crippen LogP contribution in [-0.2, 0) is 6.18 Å². The highest BCUT2D eigenvalue weighted by molar-refractivity contribution is 7.99. The van der Waals surface area contributed by atoms with Gasteiger partial charge in [-0.25, -0.2) is 0 Å². The van der Waals surface area contributed by atoms with Crippen LogP contribution >= 0.6 is 23.4 Å². The number of rotatable bonds is 10. The zero-order chi connectivity index (χ0) is 24.9. The van der Waals surface area contributed by atoms with Crippen LogP contribution < -0.4 is 10.9 Å². The third-order valence-electron chi connectivity index (χ3n) is 5.28. The fourth-order valence-electron chi connectivity index (χ4n) is 3.57. The fourth-order valence-corrected chi connectivity index (χ4v) is 4.77. The van der Waals surface area contributed by atoms with Crippen LogP contribution in [0.1, 0.15) is 31.7 Å². The number of halogens is 4. The Kier molecular flexibility index (Phi) is 8.92. The van der Waals surface area contributed by atoms with Gasteiger partial charge >= 0.3 is 6.18 Å². The number of H-pyrrole nitrogens is 1. The van der Waals surface area contributed by atoms with Crippen molar-refractivity contribution in [2.45, 2.75) is 43.4 Å². The van der Waals surface area contributed by atoms with Gasteiger partial charge in [-0.05, 0) is 49.4 Å². The molecule has 0 radical (unpaired) electrons. The number of pyridine rings is 1. The van der Waals surface area contributed by atoms with Gasteiger partial charge in [-0.15, -0.1) is 11.8 Å². The molecule has 0 amide bonds. The van der Waals surface area contributed by atoms with Crippen LogP contribution in [0.5, 0.6) is 5.75 Å². The van der Waals surface area contributed by atoms with Gasteiger partial charge in [-0.2, -0.15) is 13.2 Å². The summed E-state index contributed by atoms with van der Waals surface area (Å²) in [7, 11) is 0. The Morgan fingerprint density at radius 2 is 1.94 bits per heavy atom. The van der Waals surface area contributed by atoms with Gasteiger partial charge in [0.15, 0.2) is 0 Å². The second-order valence-electron chi connectivity index (χ2n) is 7.95. The van der Waals surface area contributed by atoms with Crippen LogP contribution in [0.25, 0.3) is 22.0 Å². The molecule has 5 nitrogen and oxygen atoms in total. The number of aliphatic hydroxyl groups excluding tert-OH is 1. The Hall–Kier alpha value is -2.20. The molecule has 0 saturated carbocycles. The zero-order valence-electron chi connectivity index (χ0n) is 18.5. The summed E-state index contributed by atoms with van der Waals surface area (Å²) in [5.41, 5.74) is -0.956. The lowest BCUT2D eigenvalue weighted by Gasteiger charge is -2.17. The molecular formula is C24H26ClF3N2O3S. The number of phenols is 1. The standard InChI is InChI=1S/C24H26ClF3N2O3S/c1-2-3-4-9-29-12-16(31)13-34-22-21(18-11-15(25)6-8-20(18)32)17-10-14(24(26,27)28)5-7-19(17)30-23(22)33/h5-8,10-11,16,29,31-32H,2-4,9,12-13H2,1H3,(H,30,33). The molecule has 1 aromatic heterocycles. The molecule has 10 heteroatoms. The predicted molar refractivity (Wildman–Crippen MR) is 131 cm³/mol. The first-order valence-electron chi connectivity index (χ1n) is 10.9. The van der Waals surface area contributed by atoms with Crippen molar-refractivity contribution in [3.05, 3.63) is 57.3 Å².